The fraction of sp³-hybridized carbons (Fsp3) is 0. The van der Waals surface area contributed by atoms with Crippen molar-refractivity contribution in [3.05, 3.63) is 218 Å². The Balaban J connectivity index is 1.05. The van der Waals surface area contributed by atoms with Gasteiger partial charge in [-0.05, 0) is 101 Å². The monoisotopic (exact) mass is 1010 g/mol. The van der Waals surface area contributed by atoms with Gasteiger partial charge in [0.1, 0.15) is 0 Å². The highest BCUT2D eigenvalue weighted by atomic mass is 16.2. The Kier molecular flexibility index (Phi) is 11.4. The predicted molar refractivity (Wildman–Crippen MR) is 312 cm³/mol. The lowest BCUT2D eigenvalue weighted by Gasteiger charge is -2.22. The molecule has 12 nitrogen and oxygen atoms in total. The average molecular weight is 1020 g/mol. The van der Waals surface area contributed by atoms with E-state index in [2.05, 4.69) is 31.9 Å². The molecule has 0 atom stereocenters. The van der Waals surface area contributed by atoms with E-state index in [0.717, 1.165) is 32.3 Å². The summed E-state index contributed by atoms with van der Waals surface area (Å²) in [5.74, 6) is -6.04. The van der Waals surface area contributed by atoms with Gasteiger partial charge in [0.2, 0.25) is 0 Å². The first-order chi connectivity index (χ1) is 38.2. The first kappa shape index (κ1) is 46.8. The van der Waals surface area contributed by atoms with Crippen molar-refractivity contribution in [2.45, 2.75) is 0 Å². The number of hydrogen-bond donors (Lipinski definition) is 6. The summed E-state index contributed by atoms with van der Waals surface area (Å²) < 4.78 is 0. The molecule has 0 bridgehead atoms. The molecule has 0 saturated carbocycles. The number of carbonyl (C=O) groups is 6. The molecule has 6 amide bonds. The first-order valence-electron chi connectivity index (χ1n) is 25.2. The Bertz CT molecular complexity index is 3850. The van der Waals surface area contributed by atoms with Crippen LogP contribution in [-0.4, -0.2) is 35.4 Å². The van der Waals surface area contributed by atoms with Gasteiger partial charge in [0, 0.05) is 67.5 Å². The first-order valence-corrected chi connectivity index (χ1v) is 25.2. The zero-order valence-electron chi connectivity index (χ0n) is 41.2. The minimum atomic E-state index is -1.01. The van der Waals surface area contributed by atoms with E-state index in [4.69, 9.17) is 0 Å². The van der Waals surface area contributed by atoms with E-state index < -0.39 is 35.4 Å². The summed E-state index contributed by atoms with van der Waals surface area (Å²) in [5, 5.41) is 26.4. The number of hydrogen-bond acceptors (Lipinski definition) is 6. The maximum Gasteiger partial charge on any atom is 0.314 e. The van der Waals surface area contributed by atoms with E-state index in [1.807, 2.05) is 182 Å². The SMILES string of the molecule is O=C1Nc2ccc3ccccc3c2-c2c(ccc3ccccc23)NC(=O)C(=O)Nc2ccc3ccccc3c2-c2c(ccc3ccccc23)NC(=O)C(=O)Nc2ccc3ccccc3c2-c2c(ccc3ccccc23)NC1=O. The highest BCUT2D eigenvalue weighted by Crippen LogP contribution is 2.47. The molecule has 0 radical (unpaired) electrons. The Morgan fingerprint density at radius 2 is 0.308 bits per heavy atom. The van der Waals surface area contributed by atoms with Crippen molar-refractivity contribution >= 4 is 134 Å². The summed E-state index contributed by atoms with van der Waals surface area (Å²) in [6.45, 7) is 0. The summed E-state index contributed by atoms with van der Waals surface area (Å²) in [6, 6.07) is 66.6. The number of carbonyl (C=O) groups excluding carboxylic acids is 6. The highest BCUT2D eigenvalue weighted by Gasteiger charge is 2.28. The quantitative estimate of drug-likeness (QED) is 0.0825. The van der Waals surface area contributed by atoms with Gasteiger partial charge in [-0.25, -0.2) is 0 Å². The molecule has 6 N–H and O–H groups in total. The Morgan fingerprint density at radius 1 is 0.167 bits per heavy atom. The summed E-state index contributed by atoms with van der Waals surface area (Å²) in [5.41, 5.74) is 4.44. The van der Waals surface area contributed by atoms with E-state index in [0.29, 0.717) is 65.7 Å². The van der Waals surface area contributed by atoms with E-state index in [1.165, 1.54) is 0 Å². The van der Waals surface area contributed by atoms with E-state index in [1.54, 1.807) is 36.4 Å². The summed E-state index contributed by atoms with van der Waals surface area (Å²) >= 11 is 0. The van der Waals surface area contributed by atoms with E-state index >= 15 is 0 Å². The lowest BCUT2D eigenvalue weighted by atomic mass is 9.90. The van der Waals surface area contributed by atoms with Crippen LogP contribution in [0, 0.1) is 0 Å². The number of benzene rings is 12. The van der Waals surface area contributed by atoms with Crippen molar-refractivity contribution < 1.29 is 28.8 Å². The topological polar surface area (TPSA) is 175 Å². The van der Waals surface area contributed by atoms with Gasteiger partial charge in [0.05, 0.1) is 0 Å². The van der Waals surface area contributed by atoms with Crippen LogP contribution in [0.25, 0.3) is 98.0 Å². The Morgan fingerprint density at radius 3 is 0.462 bits per heavy atom. The van der Waals surface area contributed by atoms with Gasteiger partial charge in [-0.15, -0.1) is 0 Å². The fourth-order valence-electron chi connectivity index (χ4n) is 10.9. The molecular weight excluding hydrogens is 973 g/mol. The molecule has 13 rings (SSSR count). The molecule has 1 aliphatic rings. The average Bonchev–Trinajstić information content (AvgIpc) is 3.65. The van der Waals surface area contributed by atoms with Gasteiger partial charge in [-0.2, -0.15) is 0 Å². The number of rotatable bonds is 0. The van der Waals surface area contributed by atoms with Crippen molar-refractivity contribution in [3.8, 4) is 33.4 Å². The molecule has 0 saturated heterocycles. The number of anilines is 6. The van der Waals surface area contributed by atoms with E-state index in [-0.39, 0.29) is 34.1 Å². The highest BCUT2D eigenvalue weighted by molar-refractivity contribution is 6.47. The normalized spacial score (nSPS) is 13.4. The van der Waals surface area contributed by atoms with Crippen molar-refractivity contribution in [2.24, 2.45) is 0 Å². The summed E-state index contributed by atoms with van der Waals surface area (Å²) in [7, 11) is 0. The van der Waals surface area contributed by atoms with Gasteiger partial charge in [-0.1, -0.05) is 182 Å². The minimum absolute atomic E-state index is 0.252. The third-order valence-corrected chi connectivity index (χ3v) is 14.4. The molecule has 0 aromatic heterocycles. The largest absolute Gasteiger partial charge is 0.317 e. The third-order valence-electron chi connectivity index (χ3n) is 14.4. The maximum atomic E-state index is 14.6. The van der Waals surface area contributed by atoms with Crippen LogP contribution < -0.4 is 31.9 Å². The second kappa shape index (κ2) is 19.1. The second-order valence-corrected chi connectivity index (χ2v) is 19.0. The molecular formula is C66H42N6O6. The van der Waals surface area contributed by atoms with Crippen molar-refractivity contribution in [2.75, 3.05) is 31.9 Å². The van der Waals surface area contributed by atoms with Crippen LogP contribution in [0.1, 0.15) is 0 Å². The van der Waals surface area contributed by atoms with Crippen LogP contribution in [-0.2, 0) is 28.8 Å². The maximum absolute atomic E-state index is 14.6. The van der Waals surface area contributed by atoms with Gasteiger partial charge < -0.3 is 31.9 Å². The zero-order valence-corrected chi connectivity index (χ0v) is 41.2. The molecule has 12 aromatic rings. The van der Waals surface area contributed by atoms with Gasteiger partial charge in [0.25, 0.3) is 0 Å². The van der Waals surface area contributed by atoms with Crippen LogP contribution in [0.15, 0.2) is 218 Å². The molecule has 0 fully saturated rings. The van der Waals surface area contributed by atoms with Gasteiger partial charge in [-0.3, -0.25) is 28.8 Å². The van der Waals surface area contributed by atoms with Crippen LogP contribution in [0.3, 0.4) is 0 Å². The van der Waals surface area contributed by atoms with Crippen molar-refractivity contribution in [1.82, 2.24) is 0 Å². The molecule has 372 valence electrons. The standard InChI is InChI=1S/C66H42N6O6/c73-61-62(74)69-51-33-27-39-15-3-9-21-45(39)57(51)59-47-23-11-5-17-41(47)29-35-53(59)71-65(77)66(78)72-54-36-30-42-18-6-12-24-48(42)60(54)58-46-22-10-4-16-40(46)28-34-52(58)70-64(76)63(75)68-50-32-26-38-14-2-8-20-44(38)56(50)55-43-19-7-1-13-37(43)25-31-49(55)67-61/h1-36H,(H,67,73)(H,68,75)(H,69,74)(H,70,76)(H,71,77)(H,72,78). The van der Waals surface area contributed by atoms with Gasteiger partial charge in [0.15, 0.2) is 0 Å². The Hall–Kier alpha value is -11.0. The summed E-state index contributed by atoms with van der Waals surface area (Å²) in [6.07, 6.45) is 0. The van der Waals surface area contributed by atoms with Crippen LogP contribution >= 0.6 is 0 Å². The second-order valence-electron chi connectivity index (χ2n) is 19.0. The number of fused-ring (bicyclic) bond motifs is 21. The minimum Gasteiger partial charge on any atom is -0.317 e. The predicted octanol–water partition coefficient (Wildman–Crippen LogP) is 13.7. The number of amides is 6. The lowest BCUT2D eigenvalue weighted by molar-refractivity contribution is -0.133. The third kappa shape index (κ3) is 8.13. The summed E-state index contributed by atoms with van der Waals surface area (Å²) in [4.78, 5) is 87.6. The number of nitrogens with one attached hydrogen (secondary N) is 6. The Labute approximate surface area is 444 Å². The van der Waals surface area contributed by atoms with Crippen molar-refractivity contribution in [3.63, 3.8) is 0 Å². The molecule has 0 spiro atoms. The van der Waals surface area contributed by atoms with Crippen LogP contribution in [0.5, 0.6) is 0 Å². The van der Waals surface area contributed by atoms with Crippen molar-refractivity contribution in [1.29, 1.82) is 0 Å². The zero-order chi connectivity index (χ0) is 53.0. The molecule has 1 heterocycles. The van der Waals surface area contributed by atoms with E-state index in [9.17, 15) is 28.8 Å². The van der Waals surface area contributed by atoms with Gasteiger partial charge >= 0.3 is 35.4 Å². The smallest absolute Gasteiger partial charge is 0.314 e. The molecule has 12 heteroatoms. The van der Waals surface area contributed by atoms with Crippen LogP contribution in [0.2, 0.25) is 0 Å². The molecule has 78 heavy (non-hydrogen) atoms. The fourth-order valence-corrected chi connectivity index (χ4v) is 10.9. The molecule has 0 aliphatic carbocycles. The van der Waals surface area contributed by atoms with Crippen LogP contribution in [0.4, 0.5) is 34.1 Å². The molecule has 0 unspecified atom stereocenters. The molecule has 12 aromatic carbocycles. The lowest BCUT2D eigenvalue weighted by Crippen LogP contribution is -2.30. The molecule has 1 aliphatic heterocycles.